The molecule has 0 radical (unpaired) electrons. The third kappa shape index (κ3) is 4.64. The van der Waals surface area contributed by atoms with Gasteiger partial charge >= 0.3 is 7.82 Å². The van der Waals surface area contributed by atoms with Crippen LogP contribution in [0.15, 0.2) is 12.2 Å². The molecule has 0 rings (SSSR count). The molecular formula is C7H13O6P. The fraction of sp³-hybridized carbons (Fsp3) is 0.571. The summed E-state index contributed by atoms with van der Waals surface area (Å²) >= 11 is 0. The van der Waals surface area contributed by atoms with Gasteiger partial charge in [-0.3, -0.25) is 13.8 Å². The summed E-state index contributed by atoms with van der Waals surface area (Å²) in [4.78, 5) is 15.3. The maximum atomic E-state index is 11.2. The Morgan fingerprint density at radius 1 is 1.36 bits per heavy atom. The van der Waals surface area contributed by atoms with E-state index in [1.165, 1.54) is 6.92 Å². The van der Waals surface area contributed by atoms with Gasteiger partial charge in [-0.25, -0.2) is 9.45 Å². The molecule has 0 saturated heterocycles. The van der Waals surface area contributed by atoms with Gasteiger partial charge in [-0.2, -0.15) is 0 Å². The second kappa shape index (κ2) is 6.06. The van der Waals surface area contributed by atoms with E-state index in [0.717, 1.165) is 14.2 Å². The summed E-state index contributed by atoms with van der Waals surface area (Å²) in [6, 6.07) is 0. The van der Waals surface area contributed by atoms with Gasteiger partial charge in [0.1, 0.15) is 6.61 Å². The zero-order chi connectivity index (χ0) is 11.2. The third-order valence-corrected chi connectivity index (χ3v) is 2.44. The molecule has 0 N–H and O–H groups in total. The van der Waals surface area contributed by atoms with E-state index in [0.29, 0.717) is 5.57 Å². The molecule has 82 valence electrons. The van der Waals surface area contributed by atoms with Crippen LogP contribution < -0.4 is 0 Å². The molecular weight excluding hydrogens is 211 g/mol. The van der Waals surface area contributed by atoms with Gasteiger partial charge in [-0.15, -0.1) is 4.67 Å². The van der Waals surface area contributed by atoms with Crippen LogP contribution in [0.2, 0.25) is 0 Å². The van der Waals surface area contributed by atoms with Crippen molar-refractivity contribution in [3.05, 3.63) is 12.2 Å². The lowest BCUT2D eigenvalue weighted by atomic mass is 10.2. The predicted octanol–water partition coefficient (Wildman–Crippen LogP) is 1.48. The number of Topliss-reactive ketones (excluding diaryl/α,β-unsaturated/α-hetero) is 1. The van der Waals surface area contributed by atoms with E-state index in [9.17, 15) is 9.36 Å². The molecule has 0 aromatic carbocycles. The van der Waals surface area contributed by atoms with Crippen LogP contribution in [0.4, 0.5) is 0 Å². The van der Waals surface area contributed by atoms with Crippen LogP contribution in [0, 0.1) is 0 Å². The van der Waals surface area contributed by atoms with Crippen molar-refractivity contribution in [1.82, 2.24) is 0 Å². The number of hydrogen-bond acceptors (Lipinski definition) is 6. The highest BCUT2D eigenvalue weighted by Crippen LogP contribution is 2.47. The van der Waals surface area contributed by atoms with Crippen molar-refractivity contribution in [3.63, 3.8) is 0 Å². The van der Waals surface area contributed by atoms with E-state index in [1.807, 2.05) is 0 Å². The maximum Gasteiger partial charge on any atom is 0.501 e. The van der Waals surface area contributed by atoms with Crippen molar-refractivity contribution >= 4 is 13.6 Å². The number of rotatable bonds is 7. The molecule has 0 atom stereocenters. The molecule has 0 saturated carbocycles. The van der Waals surface area contributed by atoms with Crippen LogP contribution in [0.3, 0.4) is 0 Å². The molecule has 0 heterocycles. The highest BCUT2D eigenvalue weighted by atomic mass is 31.2. The number of carbonyl (C=O) groups excluding carboxylic acids is 1. The molecule has 0 amide bonds. The van der Waals surface area contributed by atoms with E-state index < -0.39 is 7.82 Å². The molecule has 0 spiro atoms. The molecule has 0 aliphatic carbocycles. The Balaban J connectivity index is 3.90. The summed E-state index contributed by atoms with van der Waals surface area (Å²) in [6.07, 6.45) is 0. The zero-order valence-electron chi connectivity index (χ0n) is 8.31. The van der Waals surface area contributed by atoms with Gasteiger partial charge in [0.25, 0.3) is 0 Å². The van der Waals surface area contributed by atoms with Crippen LogP contribution in [0.1, 0.15) is 6.92 Å². The smallest absolute Gasteiger partial charge is 0.292 e. The van der Waals surface area contributed by atoms with Crippen molar-refractivity contribution in [1.29, 1.82) is 0 Å². The molecule has 0 aliphatic rings. The number of carbonyl (C=O) groups is 1. The minimum atomic E-state index is -3.67. The van der Waals surface area contributed by atoms with E-state index >= 15 is 0 Å². The van der Waals surface area contributed by atoms with E-state index in [4.69, 9.17) is 0 Å². The van der Waals surface area contributed by atoms with E-state index in [2.05, 4.69) is 25.2 Å². The minimum Gasteiger partial charge on any atom is -0.292 e. The van der Waals surface area contributed by atoms with Crippen LogP contribution >= 0.6 is 7.82 Å². The van der Waals surface area contributed by atoms with Crippen molar-refractivity contribution in [2.24, 2.45) is 0 Å². The van der Waals surface area contributed by atoms with Gasteiger partial charge in [0.2, 0.25) is 0 Å². The number of phosphoric acid groups is 1. The third-order valence-electron chi connectivity index (χ3n) is 1.26. The van der Waals surface area contributed by atoms with Crippen LogP contribution in [0.5, 0.6) is 0 Å². The number of phosphoric ester groups is 1. The summed E-state index contributed by atoms with van der Waals surface area (Å²) < 4.78 is 24.2. The van der Waals surface area contributed by atoms with Crippen LogP contribution in [0.25, 0.3) is 0 Å². The molecule has 0 aromatic heterocycles. The molecule has 0 aliphatic heterocycles. The molecule has 7 heteroatoms. The first kappa shape index (κ1) is 13.5. The SMILES string of the molecule is C=C(C)C(=O)COOP(=O)(OC)OC. The minimum absolute atomic E-state index is 0.318. The van der Waals surface area contributed by atoms with Crippen LogP contribution in [-0.2, 0) is 28.0 Å². The molecule has 6 nitrogen and oxygen atoms in total. The summed E-state index contributed by atoms with van der Waals surface area (Å²) in [5.41, 5.74) is 0.318. The molecule has 0 aromatic rings. The second-order valence-electron chi connectivity index (χ2n) is 2.35. The van der Waals surface area contributed by atoms with Gasteiger partial charge < -0.3 is 0 Å². The summed E-state index contributed by atoms with van der Waals surface area (Å²) in [7, 11) is -1.41. The Labute approximate surface area is 82.3 Å². The molecule has 0 bridgehead atoms. The zero-order valence-corrected chi connectivity index (χ0v) is 9.21. The Morgan fingerprint density at radius 2 is 1.86 bits per heavy atom. The lowest BCUT2D eigenvalue weighted by molar-refractivity contribution is -0.220. The average Bonchev–Trinajstić information content (AvgIpc) is 2.17. The normalized spacial score (nSPS) is 11.4. The predicted molar refractivity (Wildman–Crippen MR) is 48.5 cm³/mol. The van der Waals surface area contributed by atoms with Crippen molar-refractivity contribution in [3.8, 4) is 0 Å². The topological polar surface area (TPSA) is 71.1 Å². The van der Waals surface area contributed by atoms with Crippen molar-refractivity contribution in [2.45, 2.75) is 6.92 Å². The highest BCUT2D eigenvalue weighted by Gasteiger charge is 2.24. The number of ketones is 1. The first-order valence-electron chi connectivity index (χ1n) is 3.66. The fourth-order valence-electron chi connectivity index (χ4n) is 0.403. The van der Waals surface area contributed by atoms with Gasteiger partial charge in [-0.1, -0.05) is 6.58 Å². The fourth-order valence-corrected chi connectivity index (χ4v) is 0.856. The lowest BCUT2D eigenvalue weighted by Gasteiger charge is -2.11. The Hall–Kier alpha value is -0.520. The lowest BCUT2D eigenvalue weighted by Crippen LogP contribution is -2.09. The van der Waals surface area contributed by atoms with Crippen molar-refractivity contribution < 1.29 is 28.0 Å². The van der Waals surface area contributed by atoms with Gasteiger partial charge in [0.05, 0.1) is 0 Å². The van der Waals surface area contributed by atoms with Crippen molar-refractivity contribution in [2.75, 3.05) is 20.8 Å². The summed E-state index contributed by atoms with van der Waals surface area (Å²) in [5.74, 6) is -0.358. The van der Waals surface area contributed by atoms with Gasteiger partial charge in [0, 0.05) is 14.2 Å². The Kier molecular flexibility index (Phi) is 5.83. The molecule has 0 unspecified atom stereocenters. The van der Waals surface area contributed by atoms with E-state index in [1.54, 1.807) is 0 Å². The monoisotopic (exact) mass is 224 g/mol. The first-order chi connectivity index (χ1) is 6.45. The second-order valence-corrected chi connectivity index (χ2v) is 4.13. The van der Waals surface area contributed by atoms with Crippen LogP contribution in [-0.4, -0.2) is 26.6 Å². The standard InChI is InChI=1S/C7H13O6P/c1-6(2)7(8)5-12-13-14(9,10-3)11-4/h1,5H2,2-4H3. The maximum absolute atomic E-state index is 11.2. The molecule has 0 fully saturated rings. The molecule has 14 heavy (non-hydrogen) atoms. The Morgan fingerprint density at radius 3 is 2.21 bits per heavy atom. The average molecular weight is 224 g/mol. The Bertz CT molecular complexity index is 253. The van der Waals surface area contributed by atoms with Gasteiger partial charge in [-0.05, 0) is 12.5 Å². The summed E-state index contributed by atoms with van der Waals surface area (Å²) in [6.45, 7) is 4.54. The van der Waals surface area contributed by atoms with E-state index in [-0.39, 0.29) is 12.4 Å². The highest BCUT2D eigenvalue weighted by molar-refractivity contribution is 7.48. The van der Waals surface area contributed by atoms with Gasteiger partial charge in [0.15, 0.2) is 5.78 Å². The quantitative estimate of drug-likeness (QED) is 0.282. The largest absolute Gasteiger partial charge is 0.501 e. The summed E-state index contributed by atoms with van der Waals surface area (Å²) in [5, 5.41) is 0. The first-order valence-corrected chi connectivity index (χ1v) is 5.12. The number of hydrogen-bond donors (Lipinski definition) is 0.